The van der Waals surface area contributed by atoms with Crippen molar-refractivity contribution in [3.05, 3.63) is 35.4 Å². The molecule has 2 rings (SSSR count). The molecule has 0 aliphatic carbocycles. The van der Waals surface area contributed by atoms with Gasteiger partial charge >= 0.3 is 0 Å². The van der Waals surface area contributed by atoms with Crippen molar-refractivity contribution in [3.63, 3.8) is 0 Å². The Kier molecular flexibility index (Phi) is 5.71. The highest BCUT2D eigenvalue weighted by molar-refractivity contribution is 5.21. The molecule has 1 aromatic carbocycles. The zero-order valence-electron chi connectivity index (χ0n) is 13.2. The third-order valence-corrected chi connectivity index (χ3v) is 4.43. The SMILES string of the molecule is CC(C)N(CC1CCCCN1)C(C)c1ccc(F)c(F)c1. The first-order chi connectivity index (χ1) is 9.99. The van der Waals surface area contributed by atoms with Crippen molar-refractivity contribution >= 4 is 0 Å². The van der Waals surface area contributed by atoms with Crippen LogP contribution < -0.4 is 5.32 Å². The van der Waals surface area contributed by atoms with Crippen LogP contribution in [0.3, 0.4) is 0 Å². The molecule has 2 atom stereocenters. The minimum absolute atomic E-state index is 0.0730. The van der Waals surface area contributed by atoms with Gasteiger partial charge in [0.15, 0.2) is 11.6 Å². The molecule has 2 unspecified atom stereocenters. The van der Waals surface area contributed by atoms with E-state index in [0.717, 1.165) is 18.7 Å². The summed E-state index contributed by atoms with van der Waals surface area (Å²) in [5.74, 6) is -1.55. The van der Waals surface area contributed by atoms with Gasteiger partial charge in [0, 0.05) is 24.7 Å². The molecule has 2 nitrogen and oxygen atoms in total. The van der Waals surface area contributed by atoms with Gasteiger partial charge in [0.25, 0.3) is 0 Å². The third kappa shape index (κ3) is 4.24. The summed E-state index contributed by atoms with van der Waals surface area (Å²) in [6, 6.07) is 5.16. The minimum atomic E-state index is -0.781. The predicted octanol–water partition coefficient (Wildman–Crippen LogP) is 3.88. The lowest BCUT2D eigenvalue weighted by molar-refractivity contribution is 0.137. The lowest BCUT2D eigenvalue weighted by atomic mass is 10.0. The molecule has 21 heavy (non-hydrogen) atoms. The van der Waals surface area contributed by atoms with Gasteiger partial charge in [-0.05, 0) is 57.9 Å². The van der Waals surface area contributed by atoms with E-state index in [4.69, 9.17) is 0 Å². The number of hydrogen-bond donors (Lipinski definition) is 1. The van der Waals surface area contributed by atoms with Gasteiger partial charge in [-0.3, -0.25) is 4.90 Å². The molecule has 0 aromatic heterocycles. The van der Waals surface area contributed by atoms with Crippen LogP contribution in [-0.4, -0.2) is 30.1 Å². The van der Waals surface area contributed by atoms with Crippen LogP contribution in [0.1, 0.15) is 51.6 Å². The van der Waals surface area contributed by atoms with E-state index in [0.29, 0.717) is 12.1 Å². The zero-order chi connectivity index (χ0) is 15.4. The highest BCUT2D eigenvalue weighted by atomic mass is 19.2. The smallest absolute Gasteiger partial charge is 0.159 e. The van der Waals surface area contributed by atoms with Crippen molar-refractivity contribution < 1.29 is 8.78 Å². The second-order valence-electron chi connectivity index (χ2n) is 6.29. The summed E-state index contributed by atoms with van der Waals surface area (Å²) in [5, 5.41) is 3.56. The van der Waals surface area contributed by atoms with Crippen molar-refractivity contribution in [1.82, 2.24) is 10.2 Å². The predicted molar refractivity (Wildman–Crippen MR) is 82.3 cm³/mol. The topological polar surface area (TPSA) is 15.3 Å². The van der Waals surface area contributed by atoms with Crippen LogP contribution in [0.5, 0.6) is 0 Å². The van der Waals surface area contributed by atoms with E-state index in [9.17, 15) is 8.78 Å². The number of halogens is 2. The maximum Gasteiger partial charge on any atom is 0.159 e. The number of rotatable bonds is 5. The average molecular weight is 296 g/mol. The fraction of sp³-hybridized carbons (Fsp3) is 0.647. The Hall–Kier alpha value is -1.00. The Morgan fingerprint density at radius 1 is 1.19 bits per heavy atom. The summed E-state index contributed by atoms with van der Waals surface area (Å²) >= 11 is 0. The molecule has 0 saturated carbocycles. The number of hydrogen-bond acceptors (Lipinski definition) is 2. The monoisotopic (exact) mass is 296 g/mol. The van der Waals surface area contributed by atoms with Crippen molar-refractivity contribution in [2.75, 3.05) is 13.1 Å². The molecule has 118 valence electrons. The molecule has 1 aromatic rings. The van der Waals surface area contributed by atoms with Crippen molar-refractivity contribution in [3.8, 4) is 0 Å². The molecule has 1 aliphatic heterocycles. The fourth-order valence-electron chi connectivity index (χ4n) is 3.11. The number of nitrogens with one attached hydrogen (secondary N) is 1. The van der Waals surface area contributed by atoms with Gasteiger partial charge in [0.2, 0.25) is 0 Å². The molecule has 4 heteroatoms. The Morgan fingerprint density at radius 3 is 2.52 bits per heavy atom. The van der Waals surface area contributed by atoms with E-state index in [1.54, 1.807) is 6.07 Å². The van der Waals surface area contributed by atoms with Crippen molar-refractivity contribution in [2.24, 2.45) is 0 Å². The quantitative estimate of drug-likeness (QED) is 0.887. The summed E-state index contributed by atoms with van der Waals surface area (Å²) < 4.78 is 26.6. The molecular formula is C17H26F2N2. The van der Waals surface area contributed by atoms with Gasteiger partial charge in [0.05, 0.1) is 0 Å². The van der Waals surface area contributed by atoms with E-state index in [1.165, 1.54) is 31.4 Å². The molecule has 0 amide bonds. The first-order valence-corrected chi connectivity index (χ1v) is 7.93. The fourth-order valence-corrected chi connectivity index (χ4v) is 3.11. The molecule has 1 heterocycles. The van der Waals surface area contributed by atoms with E-state index in [2.05, 4.69) is 31.0 Å². The van der Waals surface area contributed by atoms with Gasteiger partial charge in [0.1, 0.15) is 0 Å². The van der Waals surface area contributed by atoms with E-state index < -0.39 is 11.6 Å². The Balaban J connectivity index is 2.10. The minimum Gasteiger partial charge on any atom is -0.313 e. The van der Waals surface area contributed by atoms with Gasteiger partial charge < -0.3 is 5.32 Å². The summed E-state index contributed by atoms with van der Waals surface area (Å²) in [6.07, 6.45) is 3.70. The maximum absolute atomic E-state index is 13.5. The lowest BCUT2D eigenvalue weighted by Crippen LogP contribution is -2.46. The van der Waals surface area contributed by atoms with Crippen LogP contribution >= 0.6 is 0 Å². The largest absolute Gasteiger partial charge is 0.313 e. The molecule has 0 radical (unpaired) electrons. The van der Waals surface area contributed by atoms with Crippen LogP contribution in [0.4, 0.5) is 8.78 Å². The van der Waals surface area contributed by atoms with E-state index in [1.807, 2.05) is 0 Å². The second-order valence-corrected chi connectivity index (χ2v) is 6.29. The molecule has 1 saturated heterocycles. The molecule has 1 N–H and O–H groups in total. The Bertz CT molecular complexity index is 456. The Morgan fingerprint density at radius 2 is 1.95 bits per heavy atom. The Labute approximate surface area is 126 Å². The summed E-state index contributed by atoms with van der Waals surface area (Å²) in [7, 11) is 0. The standard InChI is InChI=1S/C17H26F2N2/c1-12(2)21(11-15-6-4-5-9-20-15)13(3)14-7-8-16(18)17(19)10-14/h7-8,10,12-13,15,20H,4-6,9,11H2,1-3H3. The molecule has 1 aliphatic rings. The molecule has 0 bridgehead atoms. The van der Waals surface area contributed by atoms with Crippen LogP contribution in [-0.2, 0) is 0 Å². The molecule has 0 spiro atoms. The van der Waals surface area contributed by atoms with Gasteiger partial charge in [-0.15, -0.1) is 0 Å². The first kappa shape index (κ1) is 16.4. The number of piperidine rings is 1. The first-order valence-electron chi connectivity index (χ1n) is 7.93. The normalized spacial score (nSPS) is 21.0. The van der Waals surface area contributed by atoms with Gasteiger partial charge in [-0.2, -0.15) is 0 Å². The van der Waals surface area contributed by atoms with Crippen LogP contribution in [0.2, 0.25) is 0 Å². The number of benzene rings is 1. The number of nitrogens with zero attached hydrogens (tertiary/aromatic N) is 1. The van der Waals surface area contributed by atoms with Crippen LogP contribution in [0.15, 0.2) is 18.2 Å². The molecule has 1 fully saturated rings. The second kappa shape index (κ2) is 7.32. The summed E-state index contributed by atoms with van der Waals surface area (Å²) in [4.78, 5) is 2.36. The van der Waals surface area contributed by atoms with Gasteiger partial charge in [-0.1, -0.05) is 12.5 Å². The maximum atomic E-state index is 13.5. The van der Waals surface area contributed by atoms with Gasteiger partial charge in [-0.25, -0.2) is 8.78 Å². The zero-order valence-corrected chi connectivity index (χ0v) is 13.2. The van der Waals surface area contributed by atoms with Crippen LogP contribution in [0.25, 0.3) is 0 Å². The van der Waals surface area contributed by atoms with Crippen molar-refractivity contribution in [2.45, 2.75) is 58.2 Å². The average Bonchev–Trinajstić information content (AvgIpc) is 2.47. The summed E-state index contributed by atoms with van der Waals surface area (Å²) in [5.41, 5.74) is 0.832. The van der Waals surface area contributed by atoms with Crippen molar-refractivity contribution in [1.29, 1.82) is 0 Å². The highest BCUT2D eigenvalue weighted by Gasteiger charge is 2.24. The van der Waals surface area contributed by atoms with Crippen LogP contribution in [0, 0.1) is 11.6 Å². The highest BCUT2D eigenvalue weighted by Crippen LogP contribution is 2.25. The summed E-state index contributed by atoms with van der Waals surface area (Å²) in [6.45, 7) is 8.39. The van der Waals surface area contributed by atoms with E-state index >= 15 is 0 Å². The molecular weight excluding hydrogens is 270 g/mol. The third-order valence-electron chi connectivity index (χ3n) is 4.43. The lowest BCUT2D eigenvalue weighted by Gasteiger charge is -2.37. The van der Waals surface area contributed by atoms with E-state index in [-0.39, 0.29) is 6.04 Å².